The van der Waals surface area contributed by atoms with Gasteiger partial charge in [-0.3, -0.25) is 14.8 Å². The highest BCUT2D eigenvalue weighted by molar-refractivity contribution is 5.93. The summed E-state index contributed by atoms with van der Waals surface area (Å²) >= 11 is 0. The first-order valence-electron chi connectivity index (χ1n) is 8.22. The Balaban J connectivity index is 1.52. The Morgan fingerprint density at radius 2 is 1.80 bits per heavy atom. The third-order valence-corrected chi connectivity index (χ3v) is 3.75. The van der Waals surface area contributed by atoms with Crippen LogP contribution in [0.15, 0.2) is 73.2 Å². The van der Waals surface area contributed by atoms with Crippen LogP contribution in [0.2, 0.25) is 0 Å². The first kappa shape index (κ1) is 16.6. The smallest absolute Gasteiger partial charge is 0.270 e. The van der Waals surface area contributed by atoms with Crippen molar-refractivity contribution in [2.24, 2.45) is 0 Å². The molecule has 3 aromatic rings. The number of hydrogen-bond donors (Lipinski definition) is 2. The van der Waals surface area contributed by atoms with E-state index in [1.807, 2.05) is 36.4 Å². The molecule has 5 nitrogen and oxygen atoms in total. The van der Waals surface area contributed by atoms with Crippen molar-refractivity contribution in [3.63, 3.8) is 0 Å². The molecule has 0 atom stereocenters. The van der Waals surface area contributed by atoms with Gasteiger partial charge in [-0.05, 0) is 35.7 Å². The van der Waals surface area contributed by atoms with Crippen LogP contribution in [0.3, 0.4) is 0 Å². The number of aromatic nitrogens is 2. The molecular weight excluding hydrogens is 312 g/mol. The minimum Gasteiger partial charge on any atom is -0.385 e. The summed E-state index contributed by atoms with van der Waals surface area (Å²) in [6.07, 6.45) is 6.00. The van der Waals surface area contributed by atoms with Gasteiger partial charge in [-0.2, -0.15) is 0 Å². The van der Waals surface area contributed by atoms with Crippen molar-refractivity contribution in [2.45, 2.75) is 13.0 Å². The molecule has 25 heavy (non-hydrogen) atoms. The maximum absolute atomic E-state index is 12.2. The number of amides is 1. The molecule has 126 valence electrons. The maximum Gasteiger partial charge on any atom is 0.270 e. The molecule has 0 aliphatic carbocycles. The number of pyridine rings is 2. The highest BCUT2D eigenvalue weighted by Gasteiger charge is 2.07. The third kappa shape index (κ3) is 5.14. The average molecular weight is 332 g/mol. The molecule has 3 rings (SSSR count). The molecule has 1 amide bonds. The van der Waals surface area contributed by atoms with Gasteiger partial charge in [0.25, 0.3) is 5.91 Å². The van der Waals surface area contributed by atoms with Gasteiger partial charge in [0.15, 0.2) is 0 Å². The number of nitrogens with one attached hydrogen (secondary N) is 2. The molecule has 0 saturated heterocycles. The van der Waals surface area contributed by atoms with E-state index in [9.17, 15) is 4.79 Å². The summed E-state index contributed by atoms with van der Waals surface area (Å²) in [5.74, 6) is -0.199. The normalized spacial score (nSPS) is 10.2. The number of benzene rings is 1. The summed E-state index contributed by atoms with van der Waals surface area (Å²) in [7, 11) is 0. The Labute approximate surface area is 147 Å². The van der Waals surface area contributed by atoms with Crippen molar-refractivity contribution in [2.75, 3.05) is 11.9 Å². The Hall–Kier alpha value is -3.21. The summed E-state index contributed by atoms with van der Waals surface area (Å²) < 4.78 is 0. The summed E-state index contributed by atoms with van der Waals surface area (Å²) in [5, 5.41) is 6.19. The molecule has 1 aromatic carbocycles. The number of carbonyl (C=O) groups excluding carboxylic acids is 1. The van der Waals surface area contributed by atoms with Gasteiger partial charge in [0.2, 0.25) is 0 Å². The topological polar surface area (TPSA) is 66.9 Å². The monoisotopic (exact) mass is 332 g/mol. The Morgan fingerprint density at radius 3 is 2.60 bits per heavy atom. The Morgan fingerprint density at radius 1 is 0.960 bits per heavy atom. The second-order valence-electron chi connectivity index (χ2n) is 5.64. The predicted octanol–water partition coefficient (Wildman–Crippen LogP) is 3.06. The van der Waals surface area contributed by atoms with Gasteiger partial charge >= 0.3 is 0 Å². The lowest BCUT2D eigenvalue weighted by atomic mass is 10.1. The predicted molar refractivity (Wildman–Crippen MR) is 98.3 cm³/mol. The fraction of sp³-hybridized carbons (Fsp3) is 0.150. The SMILES string of the molecule is O=C(NCc1cccnc1)c1cc(NCCc2ccccc2)ccn1. The van der Waals surface area contributed by atoms with E-state index >= 15 is 0 Å². The second-order valence-corrected chi connectivity index (χ2v) is 5.64. The lowest BCUT2D eigenvalue weighted by Gasteiger charge is -2.09. The lowest BCUT2D eigenvalue weighted by molar-refractivity contribution is 0.0946. The van der Waals surface area contributed by atoms with Crippen LogP contribution in [0.4, 0.5) is 5.69 Å². The minimum absolute atomic E-state index is 0.199. The molecule has 0 aliphatic heterocycles. The molecule has 0 bridgehead atoms. The molecular formula is C20H20N4O. The summed E-state index contributed by atoms with van der Waals surface area (Å²) in [6.45, 7) is 1.23. The van der Waals surface area contributed by atoms with Crippen LogP contribution < -0.4 is 10.6 Å². The van der Waals surface area contributed by atoms with Crippen LogP contribution in [0.5, 0.6) is 0 Å². The zero-order valence-corrected chi connectivity index (χ0v) is 13.9. The van der Waals surface area contributed by atoms with Gasteiger partial charge in [-0.15, -0.1) is 0 Å². The first-order valence-corrected chi connectivity index (χ1v) is 8.22. The zero-order chi connectivity index (χ0) is 17.3. The van der Waals surface area contributed by atoms with Gasteiger partial charge in [0.1, 0.15) is 5.69 Å². The second kappa shape index (κ2) is 8.59. The van der Waals surface area contributed by atoms with E-state index < -0.39 is 0 Å². The van der Waals surface area contributed by atoms with Gasteiger partial charge in [0, 0.05) is 37.4 Å². The average Bonchev–Trinajstić information content (AvgIpc) is 2.68. The van der Waals surface area contributed by atoms with Gasteiger partial charge in [-0.1, -0.05) is 36.4 Å². The molecule has 0 fully saturated rings. The standard InChI is InChI=1S/C20H20N4O/c25-20(24-15-17-7-4-10-21-14-17)19-13-18(9-12-23-19)22-11-8-16-5-2-1-3-6-16/h1-7,9-10,12-14H,8,11,15H2,(H,22,23)(H,24,25). The summed E-state index contributed by atoms with van der Waals surface area (Å²) in [6, 6.07) is 17.7. The van der Waals surface area contributed by atoms with Crippen molar-refractivity contribution >= 4 is 11.6 Å². The Bertz CT molecular complexity index is 806. The van der Waals surface area contributed by atoms with Crippen molar-refractivity contribution in [1.82, 2.24) is 15.3 Å². The molecule has 2 N–H and O–H groups in total. The fourth-order valence-corrected chi connectivity index (χ4v) is 2.44. The van der Waals surface area contributed by atoms with Crippen LogP contribution in [0, 0.1) is 0 Å². The zero-order valence-electron chi connectivity index (χ0n) is 13.9. The lowest BCUT2D eigenvalue weighted by Crippen LogP contribution is -2.24. The number of hydrogen-bond acceptors (Lipinski definition) is 4. The highest BCUT2D eigenvalue weighted by atomic mass is 16.1. The molecule has 5 heteroatoms. The number of rotatable bonds is 7. The fourth-order valence-electron chi connectivity index (χ4n) is 2.44. The first-order chi connectivity index (χ1) is 12.3. The van der Waals surface area contributed by atoms with E-state index in [4.69, 9.17) is 0 Å². The van der Waals surface area contributed by atoms with E-state index in [-0.39, 0.29) is 5.91 Å². The highest BCUT2D eigenvalue weighted by Crippen LogP contribution is 2.09. The van der Waals surface area contributed by atoms with E-state index in [1.54, 1.807) is 24.7 Å². The molecule has 0 unspecified atom stereocenters. The molecule has 2 aromatic heterocycles. The Kier molecular flexibility index (Phi) is 5.72. The van der Waals surface area contributed by atoms with Crippen molar-refractivity contribution in [3.05, 3.63) is 90.0 Å². The van der Waals surface area contributed by atoms with E-state index in [2.05, 4.69) is 32.7 Å². The van der Waals surface area contributed by atoms with E-state index in [1.165, 1.54) is 5.56 Å². The largest absolute Gasteiger partial charge is 0.385 e. The van der Waals surface area contributed by atoms with Crippen molar-refractivity contribution in [3.8, 4) is 0 Å². The number of anilines is 1. The van der Waals surface area contributed by atoms with Crippen LogP contribution in [0.1, 0.15) is 21.6 Å². The van der Waals surface area contributed by atoms with Crippen molar-refractivity contribution < 1.29 is 4.79 Å². The van der Waals surface area contributed by atoms with Gasteiger partial charge < -0.3 is 10.6 Å². The maximum atomic E-state index is 12.2. The van der Waals surface area contributed by atoms with Gasteiger partial charge in [0.05, 0.1) is 0 Å². The minimum atomic E-state index is -0.199. The van der Waals surface area contributed by atoms with Crippen LogP contribution in [0.25, 0.3) is 0 Å². The van der Waals surface area contributed by atoms with Crippen molar-refractivity contribution in [1.29, 1.82) is 0 Å². The van der Waals surface area contributed by atoms with E-state index in [0.29, 0.717) is 12.2 Å². The number of carbonyl (C=O) groups is 1. The molecule has 0 radical (unpaired) electrons. The summed E-state index contributed by atoms with van der Waals surface area (Å²) in [4.78, 5) is 20.4. The molecule has 2 heterocycles. The van der Waals surface area contributed by atoms with Gasteiger partial charge in [-0.25, -0.2) is 0 Å². The third-order valence-electron chi connectivity index (χ3n) is 3.75. The van der Waals surface area contributed by atoms with Crippen LogP contribution in [-0.4, -0.2) is 22.4 Å². The quantitative estimate of drug-likeness (QED) is 0.698. The summed E-state index contributed by atoms with van der Waals surface area (Å²) in [5.41, 5.74) is 3.51. The van der Waals surface area contributed by atoms with E-state index in [0.717, 1.165) is 24.2 Å². The molecule has 0 saturated carbocycles. The van der Waals surface area contributed by atoms with Crippen LogP contribution >= 0.6 is 0 Å². The van der Waals surface area contributed by atoms with Crippen LogP contribution in [-0.2, 0) is 13.0 Å². The molecule has 0 aliphatic rings. The number of nitrogens with zero attached hydrogens (tertiary/aromatic N) is 2. The molecule has 0 spiro atoms.